The van der Waals surface area contributed by atoms with E-state index in [9.17, 15) is 4.79 Å². The Balaban J connectivity index is 1.81. The molecule has 1 aromatic heterocycles. The van der Waals surface area contributed by atoms with Crippen molar-refractivity contribution >= 4 is 17.2 Å². The number of nitrogens with two attached hydrogens (primary N) is 1. The number of hydrogen-bond acceptors (Lipinski definition) is 3. The molecule has 1 aromatic carbocycles. The molecule has 0 spiro atoms. The van der Waals surface area contributed by atoms with Crippen molar-refractivity contribution in [1.29, 1.82) is 0 Å². The van der Waals surface area contributed by atoms with E-state index in [1.807, 2.05) is 29.2 Å². The fraction of sp³-hybridized carbons (Fsp3) is 0.312. The zero-order chi connectivity index (χ0) is 13.9. The third kappa shape index (κ3) is 2.49. The number of benzene rings is 1. The summed E-state index contributed by atoms with van der Waals surface area (Å²) in [5.74, 6) is 0.127. The highest BCUT2D eigenvalue weighted by molar-refractivity contribution is 7.07. The van der Waals surface area contributed by atoms with Crippen LogP contribution in [0.1, 0.15) is 40.4 Å². The quantitative estimate of drug-likeness (QED) is 0.942. The monoisotopic (exact) mass is 286 g/mol. The number of carbonyl (C=O) groups excluding carboxylic acids is 1. The number of nitrogens with zero attached hydrogens (tertiary/aromatic N) is 1. The second-order valence-electron chi connectivity index (χ2n) is 5.11. The van der Waals surface area contributed by atoms with Crippen LogP contribution in [0.3, 0.4) is 0 Å². The van der Waals surface area contributed by atoms with Gasteiger partial charge in [-0.05, 0) is 52.9 Å². The summed E-state index contributed by atoms with van der Waals surface area (Å²) >= 11 is 1.69. The van der Waals surface area contributed by atoms with Gasteiger partial charge in [-0.2, -0.15) is 11.3 Å². The SMILES string of the molecule is NCc1ccc(C(=O)N2CCCC2c2ccsc2)cc1. The summed E-state index contributed by atoms with van der Waals surface area (Å²) < 4.78 is 0. The number of amides is 1. The average Bonchev–Trinajstić information content (AvgIpc) is 3.16. The zero-order valence-electron chi connectivity index (χ0n) is 11.3. The van der Waals surface area contributed by atoms with Gasteiger partial charge < -0.3 is 10.6 Å². The smallest absolute Gasteiger partial charge is 0.254 e. The van der Waals surface area contributed by atoms with Crippen molar-refractivity contribution in [3.8, 4) is 0 Å². The normalized spacial score (nSPS) is 18.4. The highest BCUT2D eigenvalue weighted by Gasteiger charge is 2.30. The van der Waals surface area contributed by atoms with E-state index in [-0.39, 0.29) is 11.9 Å². The molecule has 3 nitrogen and oxygen atoms in total. The first-order valence-corrected chi connectivity index (χ1v) is 7.86. The summed E-state index contributed by atoms with van der Waals surface area (Å²) in [4.78, 5) is 14.6. The minimum absolute atomic E-state index is 0.127. The van der Waals surface area contributed by atoms with Gasteiger partial charge >= 0.3 is 0 Å². The topological polar surface area (TPSA) is 46.3 Å². The molecule has 20 heavy (non-hydrogen) atoms. The standard InChI is InChI=1S/C16H18N2OS/c17-10-12-3-5-13(6-4-12)16(19)18-8-1-2-15(18)14-7-9-20-11-14/h3-7,9,11,15H,1-2,8,10,17H2. The van der Waals surface area contributed by atoms with Gasteiger partial charge in [-0.15, -0.1) is 0 Å². The maximum absolute atomic E-state index is 12.7. The fourth-order valence-electron chi connectivity index (χ4n) is 2.77. The predicted molar refractivity (Wildman–Crippen MR) is 81.7 cm³/mol. The summed E-state index contributed by atoms with van der Waals surface area (Å²) in [5, 5.41) is 4.22. The third-order valence-electron chi connectivity index (χ3n) is 3.88. The summed E-state index contributed by atoms with van der Waals surface area (Å²) in [6.07, 6.45) is 2.14. The molecule has 4 heteroatoms. The molecule has 0 saturated carbocycles. The molecule has 2 aromatic rings. The van der Waals surface area contributed by atoms with Crippen molar-refractivity contribution in [2.24, 2.45) is 5.73 Å². The van der Waals surface area contributed by atoms with E-state index in [2.05, 4.69) is 16.8 Å². The lowest BCUT2D eigenvalue weighted by molar-refractivity contribution is 0.0736. The van der Waals surface area contributed by atoms with Crippen LogP contribution in [0.15, 0.2) is 41.1 Å². The lowest BCUT2D eigenvalue weighted by Gasteiger charge is -2.24. The molecule has 3 rings (SSSR count). The Bertz CT molecular complexity index is 577. The Labute approximate surface area is 123 Å². The fourth-order valence-corrected chi connectivity index (χ4v) is 3.48. The number of carbonyl (C=O) groups is 1. The van der Waals surface area contributed by atoms with Crippen LogP contribution in [0.4, 0.5) is 0 Å². The molecule has 1 atom stereocenters. The van der Waals surface area contributed by atoms with Gasteiger partial charge in [0.25, 0.3) is 5.91 Å². The lowest BCUT2D eigenvalue weighted by Crippen LogP contribution is -2.30. The minimum Gasteiger partial charge on any atom is -0.332 e. The Morgan fingerprint density at radius 3 is 2.75 bits per heavy atom. The second kappa shape index (κ2) is 5.77. The first-order valence-electron chi connectivity index (χ1n) is 6.91. The van der Waals surface area contributed by atoms with E-state index in [4.69, 9.17) is 5.73 Å². The van der Waals surface area contributed by atoms with E-state index >= 15 is 0 Å². The summed E-state index contributed by atoms with van der Waals surface area (Å²) in [5.41, 5.74) is 8.66. The predicted octanol–water partition coefficient (Wildman–Crippen LogP) is 3.18. The van der Waals surface area contributed by atoms with Crippen LogP contribution in [-0.4, -0.2) is 17.4 Å². The van der Waals surface area contributed by atoms with Crippen LogP contribution in [0.2, 0.25) is 0 Å². The number of likely N-dealkylation sites (tertiary alicyclic amines) is 1. The van der Waals surface area contributed by atoms with Gasteiger partial charge in [0.15, 0.2) is 0 Å². The molecule has 1 saturated heterocycles. The summed E-state index contributed by atoms with van der Waals surface area (Å²) in [6.45, 7) is 1.35. The molecule has 0 radical (unpaired) electrons. The minimum atomic E-state index is 0.127. The Hall–Kier alpha value is -1.65. The van der Waals surface area contributed by atoms with Crippen molar-refractivity contribution in [3.05, 3.63) is 57.8 Å². The Morgan fingerprint density at radius 1 is 1.30 bits per heavy atom. The van der Waals surface area contributed by atoms with E-state index in [1.165, 1.54) is 5.56 Å². The second-order valence-corrected chi connectivity index (χ2v) is 5.89. The molecule has 1 amide bonds. The van der Waals surface area contributed by atoms with Gasteiger partial charge in [-0.25, -0.2) is 0 Å². The van der Waals surface area contributed by atoms with Gasteiger partial charge in [-0.3, -0.25) is 4.79 Å². The molecule has 104 valence electrons. The average molecular weight is 286 g/mol. The largest absolute Gasteiger partial charge is 0.332 e. The van der Waals surface area contributed by atoms with Gasteiger partial charge in [0, 0.05) is 18.7 Å². The van der Waals surface area contributed by atoms with Crippen molar-refractivity contribution in [2.75, 3.05) is 6.54 Å². The summed E-state index contributed by atoms with van der Waals surface area (Å²) in [7, 11) is 0. The zero-order valence-corrected chi connectivity index (χ0v) is 12.1. The molecular formula is C16H18N2OS. The van der Waals surface area contributed by atoms with Crippen molar-refractivity contribution in [3.63, 3.8) is 0 Å². The van der Waals surface area contributed by atoms with Crippen LogP contribution in [0.5, 0.6) is 0 Å². The first kappa shape index (κ1) is 13.3. The Morgan fingerprint density at radius 2 is 2.10 bits per heavy atom. The van der Waals surface area contributed by atoms with Gasteiger partial charge in [0.2, 0.25) is 0 Å². The highest BCUT2D eigenvalue weighted by Crippen LogP contribution is 2.34. The maximum atomic E-state index is 12.7. The number of hydrogen-bond donors (Lipinski definition) is 1. The van der Waals surface area contributed by atoms with Gasteiger partial charge in [0.1, 0.15) is 0 Å². The van der Waals surface area contributed by atoms with Crippen LogP contribution in [0.25, 0.3) is 0 Å². The lowest BCUT2D eigenvalue weighted by atomic mass is 10.1. The third-order valence-corrected chi connectivity index (χ3v) is 4.58. The molecule has 1 unspecified atom stereocenters. The molecule has 1 fully saturated rings. The van der Waals surface area contributed by atoms with E-state index in [0.717, 1.165) is 30.5 Å². The van der Waals surface area contributed by atoms with Crippen LogP contribution < -0.4 is 5.73 Å². The van der Waals surface area contributed by atoms with Crippen LogP contribution in [0, 0.1) is 0 Å². The highest BCUT2D eigenvalue weighted by atomic mass is 32.1. The van der Waals surface area contributed by atoms with Crippen LogP contribution >= 0.6 is 11.3 Å². The van der Waals surface area contributed by atoms with Crippen molar-refractivity contribution in [2.45, 2.75) is 25.4 Å². The van der Waals surface area contributed by atoms with Gasteiger partial charge in [-0.1, -0.05) is 12.1 Å². The number of thiophene rings is 1. The summed E-state index contributed by atoms with van der Waals surface area (Å²) in [6, 6.07) is 9.99. The van der Waals surface area contributed by atoms with Crippen molar-refractivity contribution < 1.29 is 4.79 Å². The molecule has 2 N–H and O–H groups in total. The molecule has 0 aliphatic carbocycles. The molecule has 2 heterocycles. The van der Waals surface area contributed by atoms with E-state index in [1.54, 1.807) is 11.3 Å². The number of rotatable bonds is 3. The molecule has 1 aliphatic rings. The maximum Gasteiger partial charge on any atom is 0.254 e. The van der Waals surface area contributed by atoms with E-state index < -0.39 is 0 Å². The molecule has 1 aliphatic heterocycles. The Kier molecular flexibility index (Phi) is 3.85. The molecular weight excluding hydrogens is 268 g/mol. The van der Waals surface area contributed by atoms with Gasteiger partial charge in [0.05, 0.1) is 6.04 Å². The first-order chi connectivity index (χ1) is 9.79. The van der Waals surface area contributed by atoms with Crippen molar-refractivity contribution in [1.82, 2.24) is 4.90 Å². The van der Waals surface area contributed by atoms with Crippen LogP contribution in [-0.2, 0) is 6.54 Å². The molecule has 0 bridgehead atoms. The van der Waals surface area contributed by atoms with E-state index in [0.29, 0.717) is 6.54 Å².